The van der Waals surface area contributed by atoms with E-state index in [-0.39, 0.29) is 12.6 Å². The van der Waals surface area contributed by atoms with Crippen molar-refractivity contribution in [3.05, 3.63) is 87.7 Å². The van der Waals surface area contributed by atoms with Crippen LogP contribution in [0.5, 0.6) is 0 Å². The molecule has 0 unspecified atom stereocenters. The Morgan fingerprint density at radius 1 is 0.938 bits per heavy atom. The molecule has 0 aliphatic carbocycles. The molecule has 1 heterocycles. The quantitative estimate of drug-likeness (QED) is 0.430. The maximum atomic E-state index is 13.0. The predicted octanol–water partition coefficient (Wildman–Crippen LogP) is 6.68. The van der Waals surface area contributed by atoms with Crippen molar-refractivity contribution >= 4 is 17.5 Å². The summed E-state index contributed by atoms with van der Waals surface area (Å²) in [7, 11) is 0. The van der Waals surface area contributed by atoms with Gasteiger partial charge in [0.15, 0.2) is 0 Å². The second-order valence-electron chi connectivity index (χ2n) is 6.97. The minimum Gasteiger partial charge on any atom is -0.348 e. The minimum absolute atomic E-state index is 0.0298. The fraction of sp³-hybridized carbons (Fsp3) is 0.182. The lowest BCUT2D eigenvalue weighted by molar-refractivity contribution is -0.143. The number of carbonyl (C=O) groups excluding carboxylic acids is 1. The van der Waals surface area contributed by atoms with Crippen molar-refractivity contribution in [1.82, 2.24) is 10.3 Å². The van der Waals surface area contributed by atoms with Crippen LogP contribution < -0.4 is 5.32 Å². The molecule has 0 saturated carbocycles. The molecular formula is C22H15ClF6N2O. The number of benzene rings is 2. The van der Waals surface area contributed by atoms with Gasteiger partial charge in [-0.25, -0.2) is 0 Å². The molecule has 0 radical (unpaired) electrons. The first kappa shape index (κ1) is 23.6. The number of amides is 1. The van der Waals surface area contributed by atoms with Crippen LogP contribution in [0, 0.1) is 6.92 Å². The van der Waals surface area contributed by atoms with Gasteiger partial charge in [-0.15, -0.1) is 0 Å². The molecule has 168 valence electrons. The molecule has 2 aromatic carbocycles. The number of pyridine rings is 1. The van der Waals surface area contributed by atoms with E-state index in [4.69, 9.17) is 11.6 Å². The lowest BCUT2D eigenvalue weighted by Gasteiger charge is -2.15. The fourth-order valence-electron chi connectivity index (χ4n) is 3.08. The summed E-state index contributed by atoms with van der Waals surface area (Å²) in [6, 6.07) is 7.62. The molecule has 1 aromatic heterocycles. The van der Waals surface area contributed by atoms with Crippen LogP contribution in [-0.4, -0.2) is 10.9 Å². The molecule has 10 heteroatoms. The highest BCUT2D eigenvalue weighted by Crippen LogP contribution is 2.36. The van der Waals surface area contributed by atoms with E-state index in [1.807, 2.05) is 6.92 Å². The first-order valence-corrected chi connectivity index (χ1v) is 9.51. The molecule has 0 bridgehead atoms. The number of hydrogen-bond acceptors (Lipinski definition) is 2. The van der Waals surface area contributed by atoms with E-state index >= 15 is 0 Å². The Morgan fingerprint density at radius 3 is 2.16 bits per heavy atom. The first-order valence-electron chi connectivity index (χ1n) is 9.13. The largest absolute Gasteiger partial charge is 0.416 e. The maximum Gasteiger partial charge on any atom is 0.416 e. The molecule has 1 amide bonds. The number of hydrogen-bond donors (Lipinski definition) is 1. The molecular weight excluding hydrogens is 458 g/mol. The SMILES string of the molecule is Cc1ccc(Cl)cc1-c1ccncc1CNC(=O)c1cc(C(F)(F)F)cc(C(F)(F)F)c1. The molecule has 0 saturated heterocycles. The van der Waals surface area contributed by atoms with Crippen LogP contribution in [0.4, 0.5) is 26.3 Å². The summed E-state index contributed by atoms with van der Waals surface area (Å²) in [6.07, 6.45) is -7.12. The van der Waals surface area contributed by atoms with Crippen LogP contribution in [0.3, 0.4) is 0 Å². The van der Waals surface area contributed by atoms with Gasteiger partial charge in [0.05, 0.1) is 11.1 Å². The number of alkyl halides is 6. The average Bonchev–Trinajstić information content (AvgIpc) is 2.72. The van der Waals surface area contributed by atoms with Crippen molar-refractivity contribution in [2.24, 2.45) is 0 Å². The summed E-state index contributed by atoms with van der Waals surface area (Å²) in [6.45, 7) is 1.67. The van der Waals surface area contributed by atoms with Gasteiger partial charge in [-0.1, -0.05) is 17.7 Å². The topological polar surface area (TPSA) is 42.0 Å². The van der Waals surface area contributed by atoms with E-state index in [9.17, 15) is 31.1 Å². The number of aromatic nitrogens is 1. The Bertz CT molecular complexity index is 1130. The van der Waals surface area contributed by atoms with Gasteiger partial charge < -0.3 is 5.32 Å². The zero-order valence-corrected chi connectivity index (χ0v) is 17.2. The lowest BCUT2D eigenvalue weighted by atomic mass is 9.97. The molecule has 0 fully saturated rings. The molecule has 0 aliphatic heterocycles. The monoisotopic (exact) mass is 472 g/mol. The summed E-state index contributed by atoms with van der Waals surface area (Å²) in [4.78, 5) is 16.4. The van der Waals surface area contributed by atoms with Crippen LogP contribution in [0.2, 0.25) is 5.02 Å². The Kier molecular flexibility index (Phi) is 6.50. The molecule has 3 rings (SSSR count). The van der Waals surface area contributed by atoms with E-state index in [0.717, 1.165) is 11.1 Å². The maximum absolute atomic E-state index is 13.0. The van der Waals surface area contributed by atoms with Crippen molar-refractivity contribution in [3.63, 3.8) is 0 Å². The number of aryl methyl sites for hydroxylation is 1. The van der Waals surface area contributed by atoms with Crippen molar-refractivity contribution in [1.29, 1.82) is 0 Å². The molecule has 32 heavy (non-hydrogen) atoms. The smallest absolute Gasteiger partial charge is 0.348 e. The third-order valence-corrected chi connectivity index (χ3v) is 4.92. The highest BCUT2D eigenvalue weighted by atomic mass is 35.5. The van der Waals surface area contributed by atoms with E-state index in [1.54, 1.807) is 24.3 Å². The third-order valence-electron chi connectivity index (χ3n) is 4.68. The zero-order chi connectivity index (χ0) is 23.7. The first-order chi connectivity index (χ1) is 14.9. The lowest BCUT2D eigenvalue weighted by Crippen LogP contribution is -2.24. The Hall–Kier alpha value is -3.07. The summed E-state index contributed by atoms with van der Waals surface area (Å²) in [5.74, 6) is -1.08. The Balaban J connectivity index is 1.91. The minimum atomic E-state index is -5.04. The standard InChI is InChI=1S/C22H15ClF6N2O/c1-12-2-3-17(23)9-19(12)18-4-5-30-10-14(18)11-31-20(32)13-6-15(21(24,25)26)8-16(7-13)22(27,28)29/h2-10H,11H2,1H3,(H,31,32). The summed E-state index contributed by atoms with van der Waals surface area (Å²) in [5, 5.41) is 2.84. The van der Waals surface area contributed by atoms with E-state index in [0.29, 0.717) is 28.3 Å². The number of rotatable bonds is 4. The molecule has 1 N–H and O–H groups in total. The summed E-state index contributed by atoms with van der Waals surface area (Å²) >= 11 is 6.06. The van der Waals surface area contributed by atoms with Crippen molar-refractivity contribution in [3.8, 4) is 11.1 Å². The van der Waals surface area contributed by atoms with E-state index in [1.165, 1.54) is 12.4 Å². The molecule has 0 atom stereocenters. The fourth-order valence-corrected chi connectivity index (χ4v) is 3.25. The molecule has 3 aromatic rings. The second-order valence-corrected chi connectivity index (χ2v) is 7.41. The number of nitrogens with zero attached hydrogens (tertiary/aromatic N) is 1. The summed E-state index contributed by atoms with van der Waals surface area (Å²) < 4.78 is 78.3. The molecule has 3 nitrogen and oxygen atoms in total. The van der Waals surface area contributed by atoms with E-state index < -0.39 is 35.0 Å². The third kappa shape index (κ3) is 5.40. The molecule has 0 aliphatic rings. The van der Waals surface area contributed by atoms with Gasteiger partial charge in [-0.2, -0.15) is 26.3 Å². The van der Waals surface area contributed by atoms with Gasteiger partial charge >= 0.3 is 12.4 Å². The Morgan fingerprint density at radius 2 is 1.56 bits per heavy atom. The van der Waals surface area contributed by atoms with Gasteiger partial charge in [0.1, 0.15) is 0 Å². The van der Waals surface area contributed by atoms with Crippen molar-refractivity contribution in [2.45, 2.75) is 25.8 Å². The van der Waals surface area contributed by atoms with Gasteiger partial charge in [-0.3, -0.25) is 9.78 Å². The zero-order valence-electron chi connectivity index (χ0n) is 16.4. The number of nitrogens with one attached hydrogen (secondary N) is 1. The van der Waals surface area contributed by atoms with Crippen molar-refractivity contribution < 1.29 is 31.1 Å². The van der Waals surface area contributed by atoms with Crippen LogP contribution in [0.1, 0.15) is 32.6 Å². The number of halogens is 7. The van der Waals surface area contributed by atoms with E-state index in [2.05, 4.69) is 10.3 Å². The van der Waals surface area contributed by atoms with Crippen LogP contribution in [0.25, 0.3) is 11.1 Å². The van der Waals surface area contributed by atoms with Gasteiger partial charge in [-0.05, 0) is 65.6 Å². The van der Waals surface area contributed by atoms with Gasteiger partial charge in [0.2, 0.25) is 0 Å². The van der Waals surface area contributed by atoms with Crippen LogP contribution >= 0.6 is 11.6 Å². The Labute approximate surface area is 184 Å². The highest BCUT2D eigenvalue weighted by molar-refractivity contribution is 6.30. The second kappa shape index (κ2) is 8.82. The summed E-state index contributed by atoms with van der Waals surface area (Å²) in [5.41, 5.74) is -1.07. The van der Waals surface area contributed by atoms with Crippen molar-refractivity contribution in [2.75, 3.05) is 0 Å². The normalized spacial score (nSPS) is 12.0. The van der Waals surface area contributed by atoms with Gasteiger partial charge in [0, 0.05) is 29.5 Å². The highest BCUT2D eigenvalue weighted by Gasteiger charge is 2.37. The van der Waals surface area contributed by atoms with Crippen LogP contribution in [0.15, 0.2) is 54.9 Å². The number of carbonyl (C=O) groups is 1. The van der Waals surface area contributed by atoms with Gasteiger partial charge in [0.25, 0.3) is 5.91 Å². The molecule has 0 spiro atoms. The van der Waals surface area contributed by atoms with Crippen LogP contribution in [-0.2, 0) is 18.9 Å². The predicted molar refractivity (Wildman–Crippen MR) is 107 cm³/mol. The average molecular weight is 473 g/mol.